The Morgan fingerprint density at radius 2 is 1.50 bits per heavy atom. The highest BCUT2D eigenvalue weighted by atomic mass is 32.2. The number of carbonyl (C=O) groups excluding carboxylic acids is 1. The number of carbonyl (C=O) groups is 1. The second-order valence-corrected chi connectivity index (χ2v) is 10.6. The van der Waals surface area contributed by atoms with Crippen LogP contribution < -0.4 is 0 Å². The van der Waals surface area contributed by atoms with E-state index in [1.807, 2.05) is 0 Å². The van der Waals surface area contributed by atoms with Crippen LogP contribution in [0, 0.1) is 11.8 Å². The molecule has 0 saturated carbocycles. The molecule has 0 bridgehead atoms. The Kier molecular flexibility index (Phi) is 18.2. The van der Waals surface area contributed by atoms with Crippen molar-refractivity contribution in [3.63, 3.8) is 0 Å². The molecular formula is C21H38O6S3-2. The highest BCUT2D eigenvalue weighted by molar-refractivity contribution is 7.85. The normalized spacial score (nSPS) is 17.5. The summed E-state index contributed by atoms with van der Waals surface area (Å²) in [5.41, 5.74) is 0. The van der Waals surface area contributed by atoms with Crippen LogP contribution in [0.5, 0.6) is 0 Å². The van der Waals surface area contributed by atoms with Gasteiger partial charge in [0.25, 0.3) is 0 Å². The van der Waals surface area contributed by atoms with Crippen molar-refractivity contribution in [2.45, 2.75) is 102 Å². The number of hydrogen-bond donors (Lipinski definition) is 0. The van der Waals surface area contributed by atoms with Crippen molar-refractivity contribution in [3.8, 4) is 0 Å². The number of hydrogen-bond acceptors (Lipinski definition) is 7. The molecule has 0 aromatic heterocycles. The third kappa shape index (κ3) is 14.0. The van der Waals surface area contributed by atoms with E-state index in [1.54, 1.807) is 13.8 Å². The van der Waals surface area contributed by atoms with E-state index in [4.69, 9.17) is 17.0 Å². The van der Waals surface area contributed by atoms with E-state index in [0.29, 0.717) is 6.42 Å². The van der Waals surface area contributed by atoms with Crippen LogP contribution in [0.2, 0.25) is 0 Å². The first-order valence-electron chi connectivity index (χ1n) is 11.0. The van der Waals surface area contributed by atoms with Gasteiger partial charge in [0.1, 0.15) is 0 Å². The zero-order valence-electron chi connectivity index (χ0n) is 18.5. The molecular weight excluding hydrogens is 444 g/mol. The molecule has 178 valence electrons. The van der Waals surface area contributed by atoms with Crippen molar-refractivity contribution >= 4 is 45.7 Å². The summed E-state index contributed by atoms with van der Waals surface area (Å²) in [5, 5.41) is -0.341. The first-order chi connectivity index (χ1) is 14.2. The number of ether oxygens (including phenoxy) is 1. The van der Waals surface area contributed by atoms with E-state index in [1.165, 1.54) is 43.9 Å². The zero-order chi connectivity index (χ0) is 22.9. The van der Waals surface area contributed by atoms with Crippen molar-refractivity contribution in [2.75, 3.05) is 6.61 Å². The van der Waals surface area contributed by atoms with Crippen molar-refractivity contribution in [2.24, 2.45) is 11.8 Å². The number of unbranched alkanes of at least 4 members (excludes halogenated alkanes) is 8. The molecule has 0 N–H and O–H groups in total. The fraction of sp³-hybridized carbons (Fsp3) is 0.905. The van der Waals surface area contributed by atoms with Gasteiger partial charge in [-0.2, -0.15) is 0 Å². The summed E-state index contributed by atoms with van der Waals surface area (Å²) in [7, 11) is 0. The summed E-state index contributed by atoms with van der Waals surface area (Å²) >= 11 is 0.0542. The summed E-state index contributed by atoms with van der Waals surface area (Å²) in [6.45, 7) is 5.58. The van der Waals surface area contributed by atoms with Crippen LogP contribution in [-0.2, 0) is 31.7 Å². The van der Waals surface area contributed by atoms with Crippen molar-refractivity contribution in [1.29, 1.82) is 0 Å². The molecule has 0 aromatic rings. The van der Waals surface area contributed by atoms with Gasteiger partial charge in [-0.15, -0.1) is 0 Å². The minimum Gasteiger partial charge on any atom is -0.772 e. The quantitative estimate of drug-likeness (QED) is 0.114. The summed E-state index contributed by atoms with van der Waals surface area (Å²) in [6.07, 6.45) is 11.0. The molecule has 6 atom stereocenters. The van der Waals surface area contributed by atoms with Crippen LogP contribution in [0.3, 0.4) is 0 Å². The Labute approximate surface area is 192 Å². The van der Waals surface area contributed by atoms with Crippen molar-refractivity contribution in [1.82, 2.24) is 0 Å². The van der Waals surface area contributed by atoms with Crippen LogP contribution in [0.25, 0.3) is 0 Å². The Morgan fingerprint density at radius 1 is 0.967 bits per heavy atom. The summed E-state index contributed by atoms with van der Waals surface area (Å²) in [4.78, 5) is 12.3. The Bertz CT molecular complexity index is 529. The van der Waals surface area contributed by atoms with Crippen LogP contribution in [0.4, 0.5) is 0 Å². The molecule has 6 nitrogen and oxygen atoms in total. The largest absolute Gasteiger partial charge is 0.772 e. The first kappa shape index (κ1) is 29.8. The first-order valence-corrected chi connectivity index (χ1v) is 13.8. The summed E-state index contributed by atoms with van der Waals surface area (Å²) < 4.78 is 50.5. The third-order valence-electron chi connectivity index (χ3n) is 5.31. The van der Waals surface area contributed by atoms with Gasteiger partial charge in [-0.3, -0.25) is 13.2 Å². The highest BCUT2D eigenvalue weighted by Crippen LogP contribution is 2.20. The van der Waals surface area contributed by atoms with Crippen LogP contribution in [0.15, 0.2) is 0 Å². The van der Waals surface area contributed by atoms with Gasteiger partial charge >= 0.3 is 5.97 Å². The van der Waals surface area contributed by atoms with Gasteiger partial charge in [0.15, 0.2) is 0 Å². The van der Waals surface area contributed by atoms with Crippen molar-refractivity contribution in [3.05, 3.63) is 0 Å². The van der Waals surface area contributed by atoms with Crippen LogP contribution in [-0.4, -0.2) is 46.0 Å². The molecule has 0 heterocycles. The average Bonchev–Trinajstić information content (AvgIpc) is 2.70. The van der Waals surface area contributed by atoms with Crippen LogP contribution in [0.1, 0.15) is 91.4 Å². The Morgan fingerprint density at radius 3 is 1.97 bits per heavy atom. The molecule has 0 aliphatic carbocycles. The second-order valence-electron chi connectivity index (χ2n) is 8.11. The van der Waals surface area contributed by atoms with Gasteiger partial charge in [0.05, 0.1) is 17.8 Å². The minimum absolute atomic E-state index is 0.0380. The molecule has 9 heteroatoms. The molecule has 0 aliphatic heterocycles. The number of thiocarbonyl (C=S) groups is 1. The van der Waals surface area contributed by atoms with Gasteiger partial charge in [-0.05, 0) is 35.2 Å². The molecule has 30 heavy (non-hydrogen) atoms. The molecule has 6 unspecified atom stereocenters. The Hall–Kier alpha value is -0.220. The minimum atomic E-state index is -2.35. The van der Waals surface area contributed by atoms with E-state index in [9.17, 15) is 22.3 Å². The topological polar surface area (TPSA) is 107 Å². The maximum Gasteiger partial charge on any atom is 0.309 e. The molecule has 0 aromatic carbocycles. The maximum atomic E-state index is 12.3. The lowest BCUT2D eigenvalue weighted by Crippen LogP contribution is -2.32. The lowest BCUT2D eigenvalue weighted by atomic mass is 10.0. The van der Waals surface area contributed by atoms with Crippen LogP contribution >= 0.6 is 12.2 Å². The lowest BCUT2D eigenvalue weighted by Gasteiger charge is -2.26. The molecule has 0 amide bonds. The fourth-order valence-electron chi connectivity index (χ4n) is 3.32. The van der Waals surface area contributed by atoms with Gasteiger partial charge < -0.3 is 13.8 Å². The summed E-state index contributed by atoms with van der Waals surface area (Å²) in [6, 6.07) is 0. The van der Waals surface area contributed by atoms with E-state index in [2.05, 4.69) is 6.92 Å². The molecule has 0 fully saturated rings. The van der Waals surface area contributed by atoms with E-state index in [-0.39, 0.29) is 18.9 Å². The predicted molar refractivity (Wildman–Crippen MR) is 125 cm³/mol. The van der Waals surface area contributed by atoms with Gasteiger partial charge in [-0.1, -0.05) is 102 Å². The molecule has 0 radical (unpaired) electrons. The fourth-order valence-corrected chi connectivity index (χ4v) is 5.08. The molecule has 0 aliphatic rings. The van der Waals surface area contributed by atoms with Gasteiger partial charge in [0.2, 0.25) is 0 Å². The smallest absolute Gasteiger partial charge is 0.309 e. The number of rotatable bonds is 19. The highest BCUT2D eigenvalue weighted by Gasteiger charge is 2.26. The molecule has 0 rings (SSSR count). The maximum absolute atomic E-state index is 12.3. The van der Waals surface area contributed by atoms with E-state index < -0.39 is 44.5 Å². The molecule has 0 spiro atoms. The van der Waals surface area contributed by atoms with Gasteiger partial charge in [-0.25, -0.2) is 0 Å². The average molecular weight is 483 g/mol. The van der Waals surface area contributed by atoms with E-state index >= 15 is 0 Å². The van der Waals surface area contributed by atoms with Gasteiger partial charge in [0, 0.05) is 5.25 Å². The SMILES string of the molecule is CCCCCCCCCCCC(C(C)C(=O)OCC(C)CC(C=S)S(=O)[O-])S(=O)[O-]. The standard InChI is InChI=1S/C21H40O6S3/c1-4-5-6-7-8-9-10-11-12-13-20(30(25)26)18(3)21(22)27-15-17(2)14-19(16-28)29(23)24/h16-20H,4-15H2,1-3H3,(H,23,24)(H,25,26)/p-2. The third-order valence-corrected chi connectivity index (χ3v) is 7.77. The lowest BCUT2D eigenvalue weighted by molar-refractivity contribution is -0.149. The van der Waals surface area contributed by atoms with Crippen molar-refractivity contribution < 1.29 is 27.1 Å². The zero-order valence-corrected chi connectivity index (χ0v) is 21.0. The van der Waals surface area contributed by atoms with E-state index in [0.717, 1.165) is 19.3 Å². The predicted octanol–water partition coefficient (Wildman–Crippen LogP) is 4.61. The Balaban J connectivity index is 4.25. The monoisotopic (exact) mass is 482 g/mol. The number of esters is 1. The second kappa shape index (κ2) is 18.4. The summed E-state index contributed by atoms with van der Waals surface area (Å²) in [5.74, 6) is -1.51. The molecule has 0 saturated heterocycles.